The predicted octanol–water partition coefficient (Wildman–Crippen LogP) is 2.95. The number of aromatic nitrogens is 3. The first-order chi connectivity index (χ1) is 11.3. The molecule has 0 bridgehead atoms. The van der Waals surface area contributed by atoms with Gasteiger partial charge in [0.1, 0.15) is 10.8 Å². The quantitative estimate of drug-likeness (QED) is 0.885. The fraction of sp³-hybridized carbons (Fsp3) is 0.562. The van der Waals surface area contributed by atoms with Gasteiger partial charge in [-0.15, -0.1) is 11.3 Å². The van der Waals surface area contributed by atoms with E-state index in [4.69, 9.17) is 0 Å². The average Bonchev–Trinajstić information content (AvgIpc) is 3.10. The Morgan fingerprint density at radius 2 is 2.22 bits per heavy atom. The molecule has 0 saturated heterocycles. The van der Waals surface area contributed by atoms with E-state index in [0.29, 0.717) is 6.54 Å². The largest absolute Gasteiger partial charge is 0.331 e. The summed E-state index contributed by atoms with van der Waals surface area (Å²) in [6.07, 6.45) is 8.97. The molecule has 2 aromatic rings. The van der Waals surface area contributed by atoms with Gasteiger partial charge in [0.25, 0.3) is 0 Å². The van der Waals surface area contributed by atoms with Crippen molar-refractivity contribution in [1.29, 1.82) is 0 Å². The molecule has 0 radical (unpaired) electrons. The Morgan fingerprint density at radius 3 is 3.04 bits per heavy atom. The number of hydrogen-bond donors (Lipinski definition) is 2. The maximum absolute atomic E-state index is 12.1. The molecular formula is C16H21N5OS. The lowest BCUT2D eigenvalue weighted by molar-refractivity contribution is 0.251. The van der Waals surface area contributed by atoms with Crippen molar-refractivity contribution in [3.8, 4) is 0 Å². The topological polar surface area (TPSA) is 71.8 Å². The van der Waals surface area contributed by atoms with Crippen molar-refractivity contribution >= 4 is 23.2 Å². The number of fused-ring (bicyclic) bond motifs is 1. The van der Waals surface area contributed by atoms with Crippen LogP contribution in [0.4, 0.5) is 10.6 Å². The second-order valence-corrected chi connectivity index (χ2v) is 7.50. The Morgan fingerprint density at radius 1 is 1.35 bits per heavy atom. The maximum Gasteiger partial charge on any atom is 0.320 e. The van der Waals surface area contributed by atoms with E-state index < -0.39 is 0 Å². The third kappa shape index (κ3) is 3.55. The van der Waals surface area contributed by atoms with Crippen LogP contribution in [0, 0.1) is 5.92 Å². The van der Waals surface area contributed by atoms with Gasteiger partial charge in [-0.3, -0.25) is 5.32 Å². The first kappa shape index (κ1) is 14.7. The highest BCUT2D eigenvalue weighted by atomic mass is 32.1. The molecular weight excluding hydrogens is 310 g/mol. The number of rotatable bonds is 5. The number of hydrogen-bond acceptors (Lipinski definition) is 4. The first-order valence-corrected chi connectivity index (χ1v) is 9.14. The molecule has 0 aromatic carbocycles. The minimum Gasteiger partial charge on any atom is -0.331 e. The van der Waals surface area contributed by atoms with Crippen LogP contribution >= 0.6 is 11.3 Å². The zero-order valence-corrected chi connectivity index (χ0v) is 13.9. The second-order valence-electron chi connectivity index (χ2n) is 6.33. The smallest absolute Gasteiger partial charge is 0.320 e. The van der Waals surface area contributed by atoms with Crippen LogP contribution in [0.15, 0.2) is 12.3 Å². The van der Waals surface area contributed by atoms with Crippen molar-refractivity contribution in [1.82, 2.24) is 20.1 Å². The van der Waals surface area contributed by atoms with Crippen molar-refractivity contribution in [3.05, 3.63) is 27.8 Å². The Kier molecular flexibility index (Phi) is 4.03. The lowest BCUT2D eigenvalue weighted by Crippen LogP contribution is -2.29. The lowest BCUT2D eigenvalue weighted by atomic mass is 10.0. The van der Waals surface area contributed by atoms with Gasteiger partial charge < -0.3 is 5.32 Å². The second kappa shape index (κ2) is 6.31. The highest BCUT2D eigenvalue weighted by Gasteiger charge is 2.23. The van der Waals surface area contributed by atoms with E-state index in [1.807, 2.05) is 10.7 Å². The van der Waals surface area contributed by atoms with Crippen molar-refractivity contribution in [2.24, 2.45) is 5.92 Å². The summed E-state index contributed by atoms with van der Waals surface area (Å²) in [5.41, 5.74) is 1.24. The molecule has 122 valence electrons. The third-order valence-corrected chi connectivity index (χ3v) is 5.53. The number of nitrogens with zero attached hydrogens (tertiary/aromatic N) is 3. The first-order valence-electron chi connectivity index (χ1n) is 8.32. The molecule has 7 heteroatoms. The van der Waals surface area contributed by atoms with Gasteiger partial charge in [0, 0.05) is 17.5 Å². The molecule has 1 fully saturated rings. The summed E-state index contributed by atoms with van der Waals surface area (Å²) in [7, 11) is 0. The molecule has 0 aliphatic heterocycles. The Labute approximate surface area is 139 Å². The van der Waals surface area contributed by atoms with Crippen LogP contribution < -0.4 is 10.6 Å². The number of carbonyl (C=O) groups excluding carboxylic acids is 1. The van der Waals surface area contributed by atoms with Crippen molar-refractivity contribution in [2.75, 3.05) is 5.32 Å². The van der Waals surface area contributed by atoms with Gasteiger partial charge in [0.15, 0.2) is 0 Å². The van der Waals surface area contributed by atoms with E-state index in [9.17, 15) is 4.79 Å². The molecule has 2 aromatic heterocycles. The van der Waals surface area contributed by atoms with Crippen molar-refractivity contribution in [3.63, 3.8) is 0 Å². The number of nitrogens with one attached hydrogen (secondary N) is 2. The summed E-state index contributed by atoms with van der Waals surface area (Å²) < 4.78 is 1.87. The van der Waals surface area contributed by atoms with Gasteiger partial charge in [-0.1, -0.05) is 0 Å². The number of urea groups is 1. The van der Waals surface area contributed by atoms with Gasteiger partial charge in [-0.2, -0.15) is 5.10 Å². The highest BCUT2D eigenvalue weighted by molar-refractivity contribution is 7.11. The predicted molar refractivity (Wildman–Crippen MR) is 89.6 cm³/mol. The summed E-state index contributed by atoms with van der Waals surface area (Å²) in [6, 6.07) is 1.64. The molecule has 23 heavy (non-hydrogen) atoms. The van der Waals surface area contributed by atoms with Crippen LogP contribution in [-0.2, 0) is 25.9 Å². The zero-order chi connectivity index (χ0) is 15.6. The summed E-state index contributed by atoms with van der Waals surface area (Å²) in [6.45, 7) is 1.38. The minimum absolute atomic E-state index is 0.198. The van der Waals surface area contributed by atoms with Crippen LogP contribution in [-0.4, -0.2) is 20.8 Å². The van der Waals surface area contributed by atoms with E-state index in [1.165, 1.54) is 36.3 Å². The Bertz CT molecular complexity index is 680. The van der Waals surface area contributed by atoms with Crippen molar-refractivity contribution in [2.45, 2.75) is 51.6 Å². The van der Waals surface area contributed by atoms with Crippen LogP contribution in [0.5, 0.6) is 0 Å². The molecule has 0 unspecified atom stereocenters. The monoisotopic (exact) mass is 331 g/mol. The van der Waals surface area contributed by atoms with E-state index in [-0.39, 0.29) is 6.03 Å². The Balaban J connectivity index is 1.31. The Hall–Kier alpha value is -1.89. The van der Waals surface area contributed by atoms with Crippen LogP contribution in [0.3, 0.4) is 0 Å². The normalized spacial score (nSPS) is 16.9. The number of carbonyl (C=O) groups is 1. The molecule has 2 N–H and O–H groups in total. The molecule has 4 rings (SSSR count). The third-order valence-electron chi connectivity index (χ3n) is 4.38. The van der Waals surface area contributed by atoms with E-state index >= 15 is 0 Å². The fourth-order valence-electron chi connectivity index (χ4n) is 2.93. The van der Waals surface area contributed by atoms with Gasteiger partial charge in [-0.05, 0) is 44.4 Å². The van der Waals surface area contributed by atoms with E-state index in [1.54, 1.807) is 17.5 Å². The standard InChI is InChI=1S/C16H21N5OS/c22-16(20-14-7-8-18-21(14)10-11-5-6-11)17-9-15-19-12-3-1-2-4-13(12)23-15/h7-8,11H,1-6,9-10H2,(H2,17,20,22). The minimum atomic E-state index is -0.198. The van der Waals surface area contributed by atoms with Crippen LogP contribution in [0.25, 0.3) is 0 Å². The SMILES string of the molecule is O=C(NCc1nc2c(s1)CCCC2)Nc1ccnn1CC1CC1. The van der Waals surface area contributed by atoms with Gasteiger partial charge >= 0.3 is 6.03 Å². The highest BCUT2D eigenvalue weighted by Crippen LogP contribution is 2.31. The summed E-state index contributed by atoms with van der Waals surface area (Å²) >= 11 is 1.73. The van der Waals surface area contributed by atoms with Crippen molar-refractivity contribution < 1.29 is 4.79 Å². The van der Waals surface area contributed by atoms with Crippen LogP contribution in [0.1, 0.15) is 41.3 Å². The summed E-state index contributed by atoms with van der Waals surface area (Å²) in [5.74, 6) is 1.48. The molecule has 2 heterocycles. The number of aryl methyl sites for hydroxylation is 2. The maximum atomic E-state index is 12.1. The van der Waals surface area contributed by atoms with Crippen LogP contribution in [0.2, 0.25) is 0 Å². The van der Waals surface area contributed by atoms with Gasteiger partial charge in [0.2, 0.25) is 0 Å². The number of thiazole rings is 1. The molecule has 1 saturated carbocycles. The molecule has 2 aliphatic rings. The van der Waals surface area contributed by atoms with Gasteiger partial charge in [0.05, 0.1) is 18.4 Å². The molecule has 6 nitrogen and oxygen atoms in total. The summed E-state index contributed by atoms with van der Waals surface area (Å²) in [5, 5.41) is 11.1. The molecule has 2 aliphatic carbocycles. The zero-order valence-electron chi connectivity index (χ0n) is 13.0. The number of amides is 2. The van der Waals surface area contributed by atoms with E-state index in [2.05, 4.69) is 20.7 Å². The lowest BCUT2D eigenvalue weighted by Gasteiger charge is -2.09. The molecule has 0 atom stereocenters. The molecule has 2 amide bonds. The number of anilines is 1. The molecule has 0 spiro atoms. The van der Waals surface area contributed by atoms with E-state index in [0.717, 1.165) is 36.1 Å². The van der Waals surface area contributed by atoms with Gasteiger partial charge in [-0.25, -0.2) is 14.5 Å². The fourth-order valence-corrected chi connectivity index (χ4v) is 4.02. The average molecular weight is 331 g/mol. The summed E-state index contributed by atoms with van der Waals surface area (Å²) in [4.78, 5) is 18.1.